The van der Waals surface area contributed by atoms with Gasteiger partial charge in [-0.15, -0.1) is 0 Å². The summed E-state index contributed by atoms with van der Waals surface area (Å²) in [6.07, 6.45) is 0. The van der Waals surface area contributed by atoms with Crippen LogP contribution in [0.4, 0.5) is 0 Å². The number of likely N-dealkylation sites (N-methyl/N-ethyl adjacent to an activating group) is 1. The number of nitrogens with zero attached hydrogens (tertiary/aromatic N) is 1. The van der Waals surface area contributed by atoms with Gasteiger partial charge in [0.1, 0.15) is 6.04 Å². The number of aryl methyl sites for hydroxylation is 1. The van der Waals surface area contributed by atoms with Crippen molar-refractivity contribution >= 4 is 23.2 Å². The quantitative estimate of drug-likeness (QED) is 0.872. The number of amides is 2. The number of carbonyl (C=O) groups excluding carboxylic acids is 2. The van der Waals surface area contributed by atoms with E-state index in [-0.39, 0.29) is 17.7 Å². The van der Waals surface area contributed by atoms with E-state index in [9.17, 15) is 9.59 Å². The first-order valence-corrected chi connectivity index (χ1v) is 8.96. The van der Waals surface area contributed by atoms with Gasteiger partial charge < -0.3 is 10.2 Å². The Morgan fingerprint density at radius 1 is 1.17 bits per heavy atom. The zero-order valence-electron chi connectivity index (χ0n) is 14.6. The molecule has 5 heteroatoms. The Morgan fingerprint density at radius 2 is 1.83 bits per heavy atom. The van der Waals surface area contributed by atoms with Crippen molar-refractivity contribution in [2.24, 2.45) is 5.92 Å². The van der Waals surface area contributed by atoms with Crippen LogP contribution >= 0.6 is 11.3 Å². The fourth-order valence-electron chi connectivity index (χ4n) is 2.41. The van der Waals surface area contributed by atoms with E-state index in [1.165, 1.54) is 0 Å². The second-order valence-electron chi connectivity index (χ2n) is 6.39. The van der Waals surface area contributed by atoms with E-state index in [0.29, 0.717) is 12.1 Å². The Morgan fingerprint density at radius 3 is 2.38 bits per heavy atom. The van der Waals surface area contributed by atoms with Gasteiger partial charge in [-0.25, -0.2) is 0 Å². The number of nitrogens with one attached hydrogen (secondary N) is 1. The molecule has 2 amide bonds. The van der Waals surface area contributed by atoms with E-state index in [4.69, 9.17) is 0 Å². The molecule has 0 aliphatic carbocycles. The van der Waals surface area contributed by atoms with Crippen molar-refractivity contribution < 1.29 is 9.59 Å². The van der Waals surface area contributed by atoms with E-state index in [1.54, 1.807) is 35.4 Å². The normalized spacial score (nSPS) is 12.0. The summed E-state index contributed by atoms with van der Waals surface area (Å²) in [4.78, 5) is 26.8. The maximum absolute atomic E-state index is 12.7. The largest absolute Gasteiger partial charge is 0.340 e. The fraction of sp³-hybridized carbons (Fsp3) is 0.368. The third-order valence-electron chi connectivity index (χ3n) is 3.91. The lowest BCUT2D eigenvalue weighted by molar-refractivity contribution is -0.133. The molecule has 4 nitrogen and oxygen atoms in total. The summed E-state index contributed by atoms with van der Waals surface area (Å²) >= 11 is 1.61. The summed E-state index contributed by atoms with van der Waals surface area (Å²) in [6.45, 7) is 6.40. The number of benzene rings is 1. The summed E-state index contributed by atoms with van der Waals surface area (Å²) in [5.41, 5.74) is 2.77. The van der Waals surface area contributed by atoms with Crippen LogP contribution in [0.5, 0.6) is 0 Å². The van der Waals surface area contributed by atoms with Gasteiger partial charge in [-0.05, 0) is 47.4 Å². The molecule has 1 heterocycles. The molecule has 0 bridgehead atoms. The summed E-state index contributed by atoms with van der Waals surface area (Å²) in [5.74, 6) is -0.278. The van der Waals surface area contributed by atoms with Crippen molar-refractivity contribution in [2.45, 2.75) is 33.4 Å². The van der Waals surface area contributed by atoms with Gasteiger partial charge in [0.15, 0.2) is 0 Å². The molecule has 0 aliphatic rings. The molecule has 1 atom stereocenters. The second kappa shape index (κ2) is 8.11. The van der Waals surface area contributed by atoms with Crippen LogP contribution in [0.2, 0.25) is 0 Å². The predicted octanol–water partition coefficient (Wildman–Crippen LogP) is 3.47. The standard InChI is InChI=1S/C19H24N2O2S/c1-13(2)17(19(23)21(4)11-15-9-10-24-12-15)20-18(22)16-7-5-14(3)6-8-16/h5-10,12-13,17H,11H2,1-4H3,(H,20,22). The lowest BCUT2D eigenvalue weighted by Gasteiger charge is -2.27. The Balaban J connectivity index is 2.06. The molecule has 1 N–H and O–H groups in total. The van der Waals surface area contributed by atoms with E-state index in [2.05, 4.69) is 5.32 Å². The van der Waals surface area contributed by atoms with Crippen molar-refractivity contribution in [2.75, 3.05) is 7.05 Å². The smallest absolute Gasteiger partial charge is 0.251 e. The Hall–Kier alpha value is -2.14. The first-order valence-electron chi connectivity index (χ1n) is 8.02. The third kappa shape index (κ3) is 4.68. The van der Waals surface area contributed by atoms with E-state index in [0.717, 1.165) is 11.1 Å². The zero-order valence-corrected chi connectivity index (χ0v) is 15.4. The summed E-state index contributed by atoms with van der Waals surface area (Å²) in [5, 5.41) is 6.90. The van der Waals surface area contributed by atoms with E-state index in [1.807, 2.05) is 49.7 Å². The third-order valence-corrected chi connectivity index (χ3v) is 4.64. The maximum atomic E-state index is 12.7. The first-order chi connectivity index (χ1) is 11.4. The van der Waals surface area contributed by atoms with Crippen LogP contribution in [0, 0.1) is 12.8 Å². The topological polar surface area (TPSA) is 49.4 Å². The number of thiophene rings is 1. The summed E-state index contributed by atoms with van der Waals surface area (Å²) in [6, 6.07) is 8.81. The average molecular weight is 344 g/mol. The van der Waals surface area contributed by atoms with Gasteiger partial charge in [-0.2, -0.15) is 11.3 Å². The first kappa shape index (κ1) is 18.2. The van der Waals surface area contributed by atoms with Crippen molar-refractivity contribution in [3.05, 3.63) is 57.8 Å². The molecule has 1 aromatic carbocycles. The van der Waals surface area contributed by atoms with Crippen LogP contribution in [0.1, 0.15) is 35.3 Å². The summed E-state index contributed by atoms with van der Waals surface area (Å²) < 4.78 is 0. The van der Waals surface area contributed by atoms with Crippen LogP contribution in [-0.2, 0) is 11.3 Å². The Bertz CT molecular complexity index is 678. The monoisotopic (exact) mass is 344 g/mol. The molecule has 0 fully saturated rings. The number of hydrogen-bond acceptors (Lipinski definition) is 3. The molecule has 2 aromatic rings. The number of hydrogen-bond donors (Lipinski definition) is 1. The molecule has 128 valence electrons. The van der Waals surface area contributed by atoms with Crippen LogP contribution in [0.25, 0.3) is 0 Å². The van der Waals surface area contributed by atoms with Crippen molar-refractivity contribution in [1.29, 1.82) is 0 Å². The molecular formula is C19H24N2O2S. The fourth-order valence-corrected chi connectivity index (χ4v) is 3.07. The van der Waals surface area contributed by atoms with Crippen LogP contribution in [-0.4, -0.2) is 29.8 Å². The van der Waals surface area contributed by atoms with Gasteiger partial charge in [-0.3, -0.25) is 9.59 Å². The SMILES string of the molecule is Cc1ccc(C(=O)NC(C(=O)N(C)Cc2ccsc2)C(C)C)cc1. The minimum absolute atomic E-state index is 0.0109. The second-order valence-corrected chi connectivity index (χ2v) is 7.17. The van der Waals surface area contributed by atoms with E-state index >= 15 is 0 Å². The van der Waals surface area contributed by atoms with Gasteiger partial charge in [0.05, 0.1) is 0 Å². The molecule has 0 aliphatic heterocycles. The molecule has 0 saturated carbocycles. The van der Waals surface area contributed by atoms with Gasteiger partial charge in [0.2, 0.25) is 5.91 Å². The lowest BCUT2D eigenvalue weighted by atomic mass is 10.0. The van der Waals surface area contributed by atoms with Gasteiger partial charge in [0, 0.05) is 19.2 Å². The van der Waals surface area contributed by atoms with Crippen LogP contribution < -0.4 is 5.32 Å². The highest BCUT2D eigenvalue weighted by atomic mass is 32.1. The minimum Gasteiger partial charge on any atom is -0.340 e. The minimum atomic E-state index is -0.539. The Labute approximate surface area is 147 Å². The maximum Gasteiger partial charge on any atom is 0.251 e. The van der Waals surface area contributed by atoms with Gasteiger partial charge >= 0.3 is 0 Å². The van der Waals surface area contributed by atoms with Crippen molar-refractivity contribution in [3.63, 3.8) is 0 Å². The highest BCUT2D eigenvalue weighted by molar-refractivity contribution is 7.07. The molecule has 0 saturated heterocycles. The predicted molar refractivity (Wildman–Crippen MR) is 98.1 cm³/mol. The highest BCUT2D eigenvalue weighted by Crippen LogP contribution is 2.12. The Kier molecular flexibility index (Phi) is 6.15. The molecule has 2 rings (SSSR count). The average Bonchev–Trinajstić information content (AvgIpc) is 3.05. The number of carbonyl (C=O) groups is 2. The number of rotatable bonds is 6. The highest BCUT2D eigenvalue weighted by Gasteiger charge is 2.27. The van der Waals surface area contributed by atoms with Gasteiger partial charge in [0.25, 0.3) is 5.91 Å². The molecule has 24 heavy (non-hydrogen) atoms. The van der Waals surface area contributed by atoms with Crippen molar-refractivity contribution in [3.8, 4) is 0 Å². The molecular weight excluding hydrogens is 320 g/mol. The molecule has 0 radical (unpaired) electrons. The molecule has 0 spiro atoms. The zero-order chi connectivity index (χ0) is 17.7. The lowest BCUT2D eigenvalue weighted by Crippen LogP contribution is -2.50. The van der Waals surface area contributed by atoms with E-state index < -0.39 is 6.04 Å². The van der Waals surface area contributed by atoms with Crippen LogP contribution in [0.15, 0.2) is 41.1 Å². The van der Waals surface area contributed by atoms with Gasteiger partial charge in [-0.1, -0.05) is 31.5 Å². The molecule has 1 aromatic heterocycles. The van der Waals surface area contributed by atoms with Crippen LogP contribution in [0.3, 0.4) is 0 Å². The molecule has 1 unspecified atom stereocenters. The van der Waals surface area contributed by atoms with Crippen molar-refractivity contribution in [1.82, 2.24) is 10.2 Å². The summed E-state index contributed by atoms with van der Waals surface area (Å²) in [7, 11) is 1.77.